The lowest BCUT2D eigenvalue weighted by molar-refractivity contribution is -0.136. The highest BCUT2D eigenvalue weighted by atomic mass is 16.5. The number of β-amino-alcohol motifs (C(OH)–C–C–N with tert-alkyl or cyclic N) is 1. The van der Waals surface area contributed by atoms with Crippen molar-refractivity contribution in [3.63, 3.8) is 0 Å². The summed E-state index contributed by atoms with van der Waals surface area (Å²) in [4.78, 5) is 25.8. The number of anilines is 1. The summed E-state index contributed by atoms with van der Waals surface area (Å²) in [6.07, 6.45) is 0. The van der Waals surface area contributed by atoms with Crippen LogP contribution in [-0.4, -0.2) is 59.4 Å². The number of hydrogen-bond acceptors (Lipinski definition) is 6. The predicted molar refractivity (Wildman–Crippen MR) is 95.9 cm³/mol. The number of ether oxygens (including phenoxy) is 1. The molecule has 1 aromatic carbocycles. The van der Waals surface area contributed by atoms with Gasteiger partial charge in [-0.15, -0.1) is 0 Å². The number of aliphatic hydroxyl groups is 2. The minimum Gasteiger partial charge on any atom is -0.466 e. The maximum Gasteiger partial charge on any atom is 0.337 e. The van der Waals surface area contributed by atoms with Crippen LogP contribution in [0.15, 0.2) is 35.5 Å². The third-order valence-corrected chi connectivity index (χ3v) is 3.60. The molecule has 26 heavy (non-hydrogen) atoms. The average Bonchev–Trinajstić information content (AvgIpc) is 2.89. The van der Waals surface area contributed by atoms with Crippen LogP contribution in [0.1, 0.15) is 19.4 Å². The van der Waals surface area contributed by atoms with E-state index < -0.39 is 11.6 Å². The molecule has 1 amide bonds. The molecular weight excluding hydrogens is 336 g/mol. The van der Waals surface area contributed by atoms with E-state index in [1.807, 2.05) is 0 Å². The van der Waals surface area contributed by atoms with Crippen LogP contribution in [0.5, 0.6) is 0 Å². The summed E-state index contributed by atoms with van der Waals surface area (Å²) in [7, 11) is 1.25. The van der Waals surface area contributed by atoms with Gasteiger partial charge >= 0.3 is 5.97 Å². The van der Waals surface area contributed by atoms with Gasteiger partial charge in [-0.05, 0) is 32.0 Å². The highest BCUT2D eigenvalue weighted by Crippen LogP contribution is 2.23. The van der Waals surface area contributed by atoms with E-state index in [2.05, 4.69) is 17.2 Å². The van der Waals surface area contributed by atoms with Gasteiger partial charge in [0.05, 0.1) is 25.8 Å². The summed E-state index contributed by atoms with van der Waals surface area (Å²) in [5.74, 6) is 4.60. The van der Waals surface area contributed by atoms with Gasteiger partial charge in [0.25, 0.3) is 5.91 Å². The smallest absolute Gasteiger partial charge is 0.337 e. The first-order valence-electron chi connectivity index (χ1n) is 8.09. The summed E-state index contributed by atoms with van der Waals surface area (Å²) in [6.45, 7) is 3.18. The molecule has 1 aromatic rings. The van der Waals surface area contributed by atoms with Crippen LogP contribution < -0.4 is 5.32 Å². The lowest BCUT2D eigenvalue weighted by Crippen LogP contribution is -2.31. The van der Waals surface area contributed by atoms with Crippen LogP contribution >= 0.6 is 0 Å². The molecule has 1 heterocycles. The number of aliphatic hydroxyl groups excluding tert-OH is 1. The Morgan fingerprint density at radius 1 is 1.42 bits per heavy atom. The van der Waals surface area contributed by atoms with Crippen molar-refractivity contribution in [1.29, 1.82) is 0 Å². The molecule has 0 bridgehead atoms. The summed E-state index contributed by atoms with van der Waals surface area (Å²) >= 11 is 0. The first-order chi connectivity index (χ1) is 12.2. The van der Waals surface area contributed by atoms with Crippen LogP contribution in [0, 0.1) is 11.8 Å². The number of carbonyl (C=O) groups is 2. The minimum atomic E-state index is -1.11. The Labute approximate surface area is 152 Å². The molecule has 0 saturated carbocycles. The molecule has 0 unspecified atom stereocenters. The summed E-state index contributed by atoms with van der Waals surface area (Å²) in [5, 5.41) is 21.7. The van der Waals surface area contributed by atoms with E-state index >= 15 is 0 Å². The van der Waals surface area contributed by atoms with Crippen molar-refractivity contribution in [3.05, 3.63) is 41.1 Å². The summed E-state index contributed by atoms with van der Waals surface area (Å²) in [5.41, 5.74) is 0.436. The van der Waals surface area contributed by atoms with E-state index in [1.54, 1.807) is 38.1 Å². The number of hydrogen-bond donors (Lipinski definition) is 3. The van der Waals surface area contributed by atoms with E-state index in [0.717, 1.165) is 0 Å². The number of carbonyl (C=O) groups excluding carboxylic acids is 2. The minimum absolute atomic E-state index is 0.0760. The molecule has 1 aliphatic heterocycles. The monoisotopic (exact) mass is 358 g/mol. The fourth-order valence-electron chi connectivity index (χ4n) is 2.39. The molecule has 1 aliphatic rings. The lowest BCUT2D eigenvalue weighted by Gasteiger charge is -2.15. The second-order valence-electron chi connectivity index (χ2n) is 6.31. The van der Waals surface area contributed by atoms with E-state index in [0.29, 0.717) is 11.3 Å². The Balaban J connectivity index is 2.30. The normalized spacial score (nSPS) is 14.2. The van der Waals surface area contributed by atoms with Gasteiger partial charge in [0.1, 0.15) is 11.3 Å². The van der Waals surface area contributed by atoms with Crippen molar-refractivity contribution in [2.24, 2.45) is 0 Å². The van der Waals surface area contributed by atoms with Gasteiger partial charge in [0.2, 0.25) is 0 Å². The second kappa shape index (κ2) is 8.04. The van der Waals surface area contributed by atoms with Gasteiger partial charge in [0, 0.05) is 17.8 Å². The Morgan fingerprint density at radius 3 is 2.77 bits per heavy atom. The predicted octanol–water partition coefficient (Wildman–Crippen LogP) is 0.482. The van der Waals surface area contributed by atoms with Crippen molar-refractivity contribution in [2.45, 2.75) is 19.4 Å². The van der Waals surface area contributed by atoms with Crippen molar-refractivity contribution < 1.29 is 24.5 Å². The maximum atomic E-state index is 12.5. The number of nitrogens with one attached hydrogen (secondary N) is 1. The van der Waals surface area contributed by atoms with Gasteiger partial charge in [-0.2, -0.15) is 0 Å². The first-order valence-corrected chi connectivity index (χ1v) is 8.09. The molecule has 2 rings (SSSR count). The molecule has 0 saturated heterocycles. The van der Waals surface area contributed by atoms with Gasteiger partial charge in [-0.25, -0.2) is 4.79 Å². The van der Waals surface area contributed by atoms with Crippen LogP contribution in [0.3, 0.4) is 0 Å². The molecule has 7 nitrogen and oxygen atoms in total. The van der Waals surface area contributed by atoms with Crippen LogP contribution in [-0.2, 0) is 14.3 Å². The van der Waals surface area contributed by atoms with Crippen LogP contribution in [0.2, 0.25) is 0 Å². The van der Waals surface area contributed by atoms with Gasteiger partial charge in [0.15, 0.2) is 0 Å². The van der Waals surface area contributed by atoms with Crippen molar-refractivity contribution >= 4 is 17.6 Å². The van der Waals surface area contributed by atoms with Crippen LogP contribution in [0.25, 0.3) is 0 Å². The Hall–Kier alpha value is -2.82. The summed E-state index contributed by atoms with van der Waals surface area (Å²) < 4.78 is 4.75. The largest absolute Gasteiger partial charge is 0.466 e. The lowest BCUT2D eigenvalue weighted by atomic mass is 10.1. The van der Waals surface area contributed by atoms with E-state index in [9.17, 15) is 14.7 Å². The zero-order valence-electron chi connectivity index (χ0n) is 15.0. The van der Waals surface area contributed by atoms with E-state index in [4.69, 9.17) is 9.84 Å². The first kappa shape index (κ1) is 19.5. The van der Waals surface area contributed by atoms with E-state index in [-0.39, 0.29) is 36.9 Å². The molecule has 0 aliphatic carbocycles. The van der Waals surface area contributed by atoms with E-state index in [1.165, 1.54) is 12.0 Å². The molecule has 0 atom stereocenters. The number of amides is 1. The standard InChI is InChI=1S/C19H22N2O5/c1-19(2,25)8-7-13-5-4-6-14(11-13)20-16-15(18(24)26-3)12-21(9-10-22)17(16)23/h4-6,11,20,22,25H,9-10,12H2,1-3H3. The van der Waals surface area contributed by atoms with Crippen LogP contribution in [0.4, 0.5) is 5.69 Å². The van der Waals surface area contributed by atoms with Gasteiger partial charge < -0.3 is 25.2 Å². The quantitative estimate of drug-likeness (QED) is 0.523. The molecule has 3 N–H and O–H groups in total. The molecule has 0 spiro atoms. The Kier molecular flexibility index (Phi) is 6.03. The maximum absolute atomic E-state index is 12.5. The molecule has 0 aromatic heterocycles. The van der Waals surface area contributed by atoms with Crippen molar-refractivity contribution in [3.8, 4) is 11.8 Å². The fourth-order valence-corrected chi connectivity index (χ4v) is 2.39. The third kappa shape index (κ3) is 4.85. The van der Waals surface area contributed by atoms with Crippen molar-refractivity contribution in [1.82, 2.24) is 4.90 Å². The number of nitrogens with zero attached hydrogens (tertiary/aromatic N) is 1. The Bertz CT molecular complexity index is 796. The van der Waals surface area contributed by atoms with Gasteiger partial charge in [-0.3, -0.25) is 4.79 Å². The molecule has 0 radical (unpaired) electrons. The molecule has 0 fully saturated rings. The molecule has 138 valence electrons. The number of benzene rings is 1. The third-order valence-electron chi connectivity index (χ3n) is 3.60. The molecule has 7 heteroatoms. The number of methoxy groups -OCH3 is 1. The number of esters is 1. The SMILES string of the molecule is COC(=O)C1=C(Nc2cccc(C#CC(C)(C)O)c2)C(=O)N(CCO)C1. The molecular formula is C19H22N2O5. The highest BCUT2D eigenvalue weighted by molar-refractivity contribution is 6.08. The topological polar surface area (TPSA) is 99.1 Å². The zero-order valence-corrected chi connectivity index (χ0v) is 15.0. The fraction of sp³-hybridized carbons (Fsp3) is 0.368. The number of rotatable bonds is 5. The van der Waals surface area contributed by atoms with Gasteiger partial charge in [-0.1, -0.05) is 17.9 Å². The highest BCUT2D eigenvalue weighted by Gasteiger charge is 2.34. The van der Waals surface area contributed by atoms with Crippen molar-refractivity contribution in [2.75, 3.05) is 32.1 Å². The zero-order chi connectivity index (χ0) is 19.3. The second-order valence-corrected chi connectivity index (χ2v) is 6.31. The summed E-state index contributed by atoms with van der Waals surface area (Å²) in [6, 6.07) is 6.97. The Morgan fingerprint density at radius 2 is 2.15 bits per heavy atom. The average molecular weight is 358 g/mol.